The predicted molar refractivity (Wildman–Crippen MR) is 83.6 cm³/mol. The van der Waals surface area contributed by atoms with Gasteiger partial charge in [0, 0.05) is 19.6 Å². The lowest BCUT2D eigenvalue weighted by Gasteiger charge is -2.40. The molecule has 1 saturated carbocycles. The summed E-state index contributed by atoms with van der Waals surface area (Å²) in [6.07, 6.45) is 8.73. The second-order valence-corrected chi connectivity index (χ2v) is 6.16. The number of hydrogen-bond acceptors (Lipinski definition) is 2. The molecule has 0 bridgehead atoms. The third kappa shape index (κ3) is 5.09. The summed E-state index contributed by atoms with van der Waals surface area (Å²) in [5, 5.41) is 6.76. The third-order valence-electron chi connectivity index (χ3n) is 3.90. The molecule has 0 atom stereocenters. The lowest BCUT2D eigenvalue weighted by atomic mass is 9.67. The smallest absolute Gasteiger partial charge is 0.191 e. The summed E-state index contributed by atoms with van der Waals surface area (Å²) in [7, 11) is 0. The Bertz CT molecular complexity index is 244. The van der Waals surface area contributed by atoms with Crippen molar-refractivity contribution in [3.63, 3.8) is 0 Å². The highest BCUT2D eigenvalue weighted by molar-refractivity contribution is 7.98. The van der Waals surface area contributed by atoms with Gasteiger partial charge in [0.05, 0.1) is 0 Å². The van der Waals surface area contributed by atoms with E-state index in [0.29, 0.717) is 5.41 Å². The molecule has 0 spiro atoms. The molecule has 2 N–H and O–H groups in total. The van der Waals surface area contributed by atoms with Crippen LogP contribution in [0.15, 0.2) is 4.99 Å². The minimum Gasteiger partial charge on any atom is -0.357 e. The van der Waals surface area contributed by atoms with Crippen LogP contribution in [0.4, 0.5) is 0 Å². The molecule has 0 aliphatic heterocycles. The van der Waals surface area contributed by atoms with E-state index in [4.69, 9.17) is 4.99 Å². The highest BCUT2D eigenvalue weighted by Gasteiger charge is 2.34. The fourth-order valence-electron chi connectivity index (χ4n) is 2.31. The topological polar surface area (TPSA) is 36.4 Å². The van der Waals surface area contributed by atoms with Crippen molar-refractivity contribution in [2.24, 2.45) is 10.4 Å². The van der Waals surface area contributed by atoms with Crippen molar-refractivity contribution in [1.29, 1.82) is 0 Å². The largest absolute Gasteiger partial charge is 0.357 e. The van der Waals surface area contributed by atoms with Crippen molar-refractivity contribution in [3.8, 4) is 0 Å². The summed E-state index contributed by atoms with van der Waals surface area (Å²) >= 11 is 1.90. The van der Waals surface area contributed by atoms with Gasteiger partial charge in [-0.05, 0) is 50.0 Å². The Hall–Kier alpha value is -0.380. The van der Waals surface area contributed by atoms with Crippen LogP contribution >= 0.6 is 11.8 Å². The van der Waals surface area contributed by atoms with E-state index in [1.165, 1.54) is 37.9 Å². The number of guanidine groups is 1. The van der Waals surface area contributed by atoms with Gasteiger partial charge in [0.25, 0.3) is 0 Å². The standard InChI is InChI=1S/C14H29N3S/c1-4-14(8-6-9-14)12-17-13(15-5-2)16-10-7-11-18-3/h4-12H2,1-3H3,(H2,15,16,17). The van der Waals surface area contributed by atoms with Crippen LogP contribution in [0.1, 0.15) is 46.0 Å². The number of nitrogens with zero attached hydrogens (tertiary/aromatic N) is 1. The van der Waals surface area contributed by atoms with Gasteiger partial charge in [-0.25, -0.2) is 0 Å². The van der Waals surface area contributed by atoms with E-state index in [2.05, 4.69) is 30.7 Å². The number of aliphatic imine (C=N–C) groups is 1. The zero-order valence-corrected chi connectivity index (χ0v) is 13.0. The van der Waals surface area contributed by atoms with E-state index in [0.717, 1.165) is 25.6 Å². The molecule has 1 aliphatic carbocycles. The van der Waals surface area contributed by atoms with E-state index >= 15 is 0 Å². The summed E-state index contributed by atoms with van der Waals surface area (Å²) < 4.78 is 0. The van der Waals surface area contributed by atoms with Gasteiger partial charge in [-0.15, -0.1) is 0 Å². The van der Waals surface area contributed by atoms with E-state index in [-0.39, 0.29) is 0 Å². The average molecular weight is 271 g/mol. The van der Waals surface area contributed by atoms with Crippen LogP contribution in [-0.4, -0.2) is 37.6 Å². The maximum Gasteiger partial charge on any atom is 0.191 e. The number of hydrogen-bond donors (Lipinski definition) is 2. The highest BCUT2D eigenvalue weighted by Crippen LogP contribution is 2.43. The summed E-state index contributed by atoms with van der Waals surface area (Å²) in [4.78, 5) is 4.76. The van der Waals surface area contributed by atoms with Crippen molar-refractivity contribution in [2.75, 3.05) is 31.6 Å². The molecule has 0 radical (unpaired) electrons. The average Bonchev–Trinajstić information content (AvgIpc) is 2.33. The van der Waals surface area contributed by atoms with Gasteiger partial charge in [-0.1, -0.05) is 13.3 Å². The Morgan fingerprint density at radius 3 is 2.56 bits per heavy atom. The molecule has 0 unspecified atom stereocenters. The van der Waals surface area contributed by atoms with Gasteiger partial charge in [0.15, 0.2) is 5.96 Å². The van der Waals surface area contributed by atoms with Crippen LogP contribution in [0.3, 0.4) is 0 Å². The zero-order valence-electron chi connectivity index (χ0n) is 12.2. The van der Waals surface area contributed by atoms with E-state index in [1.807, 2.05) is 11.8 Å². The van der Waals surface area contributed by atoms with Crippen molar-refractivity contribution in [3.05, 3.63) is 0 Å². The Kier molecular flexibility index (Phi) is 7.56. The molecule has 0 aromatic heterocycles. The third-order valence-corrected chi connectivity index (χ3v) is 4.60. The van der Waals surface area contributed by atoms with Crippen LogP contribution in [-0.2, 0) is 0 Å². The molecule has 1 aliphatic rings. The van der Waals surface area contributed by atoms with Crippen molar-refractivity contribution in [1.82, 2.24) is 10.6 Å². The summed E-state index contributed by atoms with van der Waals surface area (Å²) in [6.45, 7) is 7.37. The van der Waals surface area contributed by atoms with Gasteiger partial charge in [0.1, 0.15) is 0 Å². The van der Waals surface area contributed by atoms with Crippen molar-refractivity contribution in [2.45, 2.75) is 46.0 Å². The molecule has 0 saturated heterocycles. The molecule has 1 fully saturated rings. The Morgan fingerprint density at radius 1 is 1.28 bits per heavy atom. The Morgan fingerprint density at radius 2 is 2.06 bits per heavy atom. The molecule has 0 amide bonds. The van der Waals surface area contributed by atoms with Crippen LogP contribution < -0.4 is 10.6 Å². The SMILES string of the molecule is CCNC(=NCC1(CC)CCC1)NCCCSC. The maximum absolute atomic E-state index is 4.76. The fourth-order valence-corrected chi connectivity index (χ4v) is 2.75. The second kappa shape index (κ2) is 8.68. The molecule has 18 heavy (non-hydrogen) atoms. The van der Waals surface area contributed by atoms with Crippen LogP contribution in [0, 0.1) is 5.41 Å². The predicted octanol–water partition coefficient (Wildman–Crippen LogP) is 2.87. The molecular weight excluding hydrogens is 242 g/mol. The Labute approximate surface area is 117 Å². The first kappa shape index (κ1) is 15.7. The molecule has 106 valence electrons. The number of thioether (sulfide) groups is 1. The first-order chi connectivity index (χ1) is 8.76. The summed E-state index contributed by atoms with van der Waals surface area (Å²) in [6, 6.07) is 0. The quantitative estimate of drug-likeness (QED) is 0.405. The zero-order chi connectivity index (χ0) is 13.3. The van der Waals surface area contributed by atoms with E-state index in [9.17, 15) is 0 Å². The van der Waals surface area contributed by atoms with Gasteiger partial charge in [-0.3, -0.25) is 4.99 Å². The van der Waals surface area contributed by atoms with Crippen LogP contribution in [0.2, 0.25) is 0 Å². The molecule has 3 nitrogen and oxygen atoms in total. The maximum atomic E-state index is 4.76. The van der Waals surface area contributed by atoms with Gasteiger partial charge in [0.2, 0.25) is 0 Å². The molecule has 0 heterocycles. The lowest BCUT2D eigenvalue weighted by molar-refractivity contribution is 0.139. The van der Waals surface area contributed by atoms with Gasteiger partial charge >= 0.3 is 0 Å². The molecular formula is C14H29N3S. The number of nitrogens with one attached hydrogen (secondary N) is 2. The van der Waals surface area contributed by atoms with E-state index < -0.39 is 0 Å². The Balaban J connectivity index is 2.34. The van der Waals surface area contributed by atoms with Crippen molar-refractivity contribution < 1.29 is 0 Å². The van der Waals surface area contributed by atoms with Gasteiger partial charge < -0.3 is 10.6 Å². The molecule has 1 rings (SSSR count). The second-order valence-electron chi connectivity index (χ2n) is 5.18. The molecule has 0 aromatic rings. The first-order valence-electron chi connectivity index (χ1n) is 7.27. The minimum atomic E-state index is 0.515. The summed E-state index contributed by atoms with van der Waals surface area (Å²) in [5.74, 6) is 2.21. The minimum absolute atomic E-state index is 0.515. The summed E-state index contributed by atoms with van der Waals surface area (Å²) in [5.41, 5.74) is 0.515. The highest BCUT2D eigenvalue weighted by atomic mass is 32.2. The van der Waals surface area contributed by atoms with Crippen LogP contribution in [0.25, 0.3) is 0 Å². The van der Waals surface area contributed by atoms with Crippen molar-refractivity contribution >= 4 is 17.7 Å². The fraction of sp³-hybridized carbons (Fsp3) is 0.929. The molecule has 0 aromatic carbocycles. The normalized spacial score (nSPS) is 18.3. The number of rotatable bonds is 8. The monoisotopic (exact) mass is 271 g/mol. The first-order valence-corrected chi connectivity index (χ1v) is 8.67. The van der Waals surface area contributed by atoms with Gasteiger partial charge in [-0.2, -0.15) is 11.8 Å². The molecule has 4 heteroatoms. The van der Waals surface area contributed by atoms with E-state index in [1.54, 1.807) is 0 Å². The lowest BCUT2D eigenvalue weighted by Crippen LogP contribution is -2.40. The van der Waals surface area contributed by atoms with Crippen LogP contribution in [0.5, 0.6) is 0 Å².